The smallest absolute Gasteiger partial charge is 0.337 e. The lowest BCUT2D eigenvalue weighted by Gasteiger charge is -2.09. The lowest BCUT2D eigenvalue weighted by molar-refractivity contribution is 0.0600. The Kier molecular flexibility index (Phi) is 5.84. The van der Waals surface area contributed by atoms with Crippen molar-refractivity contribution in [2.75, 3.05) is 12.4 Å². The molecule has 0 atom stereocenters. The van der Waals surface area contributed by atoms with Gasteiger partial charge in [-0.1, -0.05) is 0 Å². The average molecular weight is 341 g/mol. The first kappa shape index (κ1) is 18.1. The van der Waals surface area contributed by atoms with Gasteiger partial charge in [0.05, 0.1) is 12.7 Å². The number of carbonyl (C=O) groups excluding carboxylic acids is 3. The molecule has 0 spiro atoms. The minimum atomic E-state index is -0.455. The van der Waals surface area contributed by atoms with E-state index in [-0.39, 0.29) is 17.6 Å². The number of hydrogen-bond acceptors (Lipinski definition) is 5. The van der Waals surface area contributed by atoms with Crippen molar-refractivity contribution in [1.29, 1.82) is 0 Å². The normalized spacial score (nSPS) is 10.2. The highest BCUT2D eigenvalue weighted by Gasteiger charge is 2.13. The molecule has 0 radical (unpaired) electrons. The SMILES string of the molecule is COC(=O)c1ccc(NC(=O)c2cc(C(=O)NC(C)C)ccn2)cc1. The minimum absolute atomic E-state index is 0.00809. The van der Waals surface area contributed by atoms with Crippen LogP contribution in [-0.2, 0) is 4.74 Å². The quantitative estimate of drug-likeness (QED) is 0.813. The van der Waals surface area contributed by atoms with Crippen molar-refractivity contribution in [3.05, 3.63) is 59.4 Å². The van der Waals surface area contributed by atoms with E-state index in [0.717, 1.165) is 0 Å². The van der Waals surface area contributed by atoms with Crippen molar-refractivity contribution in [2.45, 2.75) is 19.9 Å². The van der Waals surface area contributed by atoms with Crippen molar-refractivity contribution < 1.29 is 19.1 Å². The maximum absolute atomic E-state index is 12.3. The van der Waals surface area contributed by atoms with E-state index in [1.165, 1.54) is 19.4 Å². The zero-order chi connectivity index (χ0) is 18.4. The third-order valence-electron chi connectivity index (χ3n) is 3.24. The molecule has 0 fully saturated rings. The Morgan fingerprint density at radius 1 is 1.00 bits per heavy atom. The van der Waals surface area contributed by atoms with E-state index < -0.39 is 11.9 Å². The van der Waals surface area contributed by atoms with Crippen LogP contribution in [0.3, 0.4) is 0 Å². The number of amides is 2. The number of methoxy groups -OCH3 is 1. The summed E-state index contributed by atoms with van der Waals surface area (Å²) in [6, 6.07) is 9.21. The van der Waals surface area contributed by atoms with Gasteiger partial charge in [0.15, 0.2) is 0 Å². The molecule has 0 aliphatic heterocycles. The summed E-state index contributed by atoms with van der Waals surface area (Å²) in [6.45, 7) is 3.70. The van der Waals surface area contributed by atoms with Gasteiger partial charge in [0.1, 0.15) is 5.69 Å². The number of pyridine rings is 1. The molecule has 0 unspecified atom stereocenters. The van der Waals surface area contributed by atoms with E-state index in [9.17, 15) is 14.4 Å². The van der Waals surface area contributed by atoms with E-state index >= 15 is 0 Å². The standard InChI is InChI=1S/C18H19N3O4/c1-11(2)20-16(22)13-8-9-19-15(10-13)17(23)21-14-6-4-12(5-7-14)18(24)25-3/h4-11H,1-3H3,(H,20,22)(H,21,23). The van der Waals surface area contributed by atoms with Crippen LogP contribution in [0.4, 0.5) is 5.69 Å². The number of hydrogen-bond donors (Lipinski definition) is 2. The summed E-state index contributed by atoms with van der Waals surface area (Å²) in [4.78, 5) is 39.7. The zero-order valence-corrected chi connectivity index (χ0v) is 14.2. The first-order valence-corrected chi connectivity index (χ1v) is 7.67. The molecule has 2 aromatic rings. The molecule has 0 aliphatic rings. The molecular formula is C18H19N3O4. The Balaban J connectivity index is 2.10. The summed E-state index contributed by atoms with van der Waals surface area (Å²) in [7, 11) is 1.30. The first-order valence-electron chi connectivity index (χ1n) is 7.67. The van der Waals surface area contributed by atoms with Crippen LogP contribution >= 0.6 is 0 Å². The summed E-state index contributed by atoms with van der Waals surface area (Å²) in [5.74, 6) is -1.18. The number of esters is 1. The van der Waals surface area contributed by atoms with Gasteiger partial charge in [-0.15, -0.1) is 0 Å². The van der Waals surface area contributed by atoms with Gasteiger partial charge < -0.3 is 15.4 Å². The monoisotopic (exact) mass is 341 g/mol. The van der Waals surface area contributed by atoms with E-state index in [4.69, 9.17) is 0 Å². The van der Waals surface area contributed by atoms with E-state index in [0.29, 0.717) is 16.8 Å². The molecule has 1 heterocycles. The Labute approximate surface area is 145 Å². The number of carbonyl (C=O) groups is 3. The molecule has 1 aromatic heterocycles. The minimum Gasteiger partial charge on any atom is -0.465 e. The second-order valence-corrected chi connectivity index (χ2v) is 5.58. The number of rotatable bonds is 5. The number of anilines is 1. The second-order valence-electron chi connectivity index (χ2n) is 5.58. The van der Waals surface area contributed by atoms with E-state index in [1.54, 1.807) is 30.3 Å². The van der Waals surface area contributed by atoms with Gasteiger partial charge in [0.2, 0.25) is 0 Å². The summed E-state index contributed by atoms with van der Waals surface area (Å²) >= 11 is 0. The summed E-state index contributed by atoms with van der Waals surface area (Å²) in [5.41, 5.74) is 1.35. The van der Waals surface area contributed by atoms with Gasteiger partial charge in [0, 0.05) is 23.5 Å². The molecule has 7 heteroatoms. The van der Waals surface area contributed by atoms with Crippen LogP contribution < -0.4 is 10.6 Å². The largest absolute Gasteiger partial charge is 0.465 e. The van der Waals surface area contributed by atoms with Gasteiger partial charge >= 0.3 is 5.97 Å². The van der Waals surface area contributed by atoms with Crippen molar-refractivity contribution in [2.24, 2.45) is 0 Å². The number of nitrogens with zero attached hydrogens (tertiary/aromatic N) is 1. The highest BCUT2D eigenvalue weighted by molar-refractivity contribution is 6.05. The van der Waals surface area contributed by atoms with Crippen LogP contribution in [0.1, 0.15) is 45.1 Å². The summed E-state index contributed by atoms with van der Waals surface area (Å²) in [6.07, 6.45) is 1.41. The summed E-state index contributed by atoms with van der Waals surface area (Å²) < 4.78 is 4.62. The summed E-state index contributed by atoms with van der Waals surface area (Å²) in [5, 5.41) is 5.42. The Hall–Kier alpha value is -3.22. The van der Waals surface area contributed by atoms with Gasteiger partial charge in [-0.3, -0.25) is 14.6 Å². The van der Waals surface area contributed by atoms with Crippen molar-refractivity contribution in [3.8, 4) is 0 Å². The maximum Gasteiger partial charge on any atom is 0.337 e. The Bertz CT molecular complexity index is 785. The topological polar surface area (TPSA) is 97.4 Å². The third-order valence-corrected chi connectivity index (χ3v) is 3.24. The van der Waals surface area contributed by atoms with Crippen LogP contribution in [0, 0.1) is 0 Å². The van der Waals surface area contributed by atoms with Crippen LogP contribution in [0.15, 0.2) is 42.6 Å². The number of aromatic nitrogens is 1. The number of nitrogens with one attached hydrogen (secondary N) is 2. The fraction of sp³-hybridized carbons (Fsp3) is 0.222. The predicted octanol–water partition coefficient (Wildman–Crippen LogP) is 2.26. The van der Waals surface area contributed by atoms with Crippen molar-refractivity contribution in [3.63, 3.8) is 0 Å². The molecular weight excluding hydrogens is 322 g/mol. The van der Waals surface area contributed by atoms with Crippen LogP contribution in [0.5, 0.6) is 0 Å². The van der Waals surface area contributed by atoms with Crippen molar-refractivity contribution >= 4 is 23.5 Å². The molecule has 7 nitrogen and oxygen atoms in total. The van der Waals surface area contributed by atoms with Crippen molar-refractivity contribution in [1.82, 2.24) is 10.3 Å². The molecule has 25 heavy (non-hydrogen) atoms. The van der Waals surface area contributed by atoms with Gasteiger partial charge in [-0.05, 0) is 50.2 Å². The molecule has 130 valence electrons. The van der Waals surface area contributed by atoms with Crippen LogP contribution in [0.25, 0.3) is 0 Å². The Morgan fingerprint density at radius 2 is 1.68 bits per heavy atom. The molecule has 2 amide bonds. The molecule has 0 saturated heterocycles. The van der Waals surface area contributed by atoms with Crippen LogP contribution in [-0.4, -0.2) is 35.9 Å². The molecule has 0 bridgehead atoms. The number of benzene rings is 1. The number of ether oxygens (including phenoxy) is 1. The van der Waals surface area contributed by atoms with Gasteiger partial charge in [-0.2, -0.15) is 0 Å². The third kappa shape index (κ3) is 4.87. The molecule has 0 saturated carbocycles. The second kappa shape index (κ2) is 8.05. The lowest BCUT2D eigenvalue weighted by atomic mass is 10.2. The molecule has 2 rings (SSSR count). The van der Waals surface area contributed by atoms with E-state index in [2.05, 4.69) is 20.4 Å². The lowest BCUT2D eigenvalue weighted by Crippen LogP contribution is -2.30. The fourth-order valence-electron chi connectivity index (χ4n) is 2.04. The highest BCUT2D eigenvalue weighted by Crippen LogP contribution is 2.12. The zero-order valence-electron chi connectivity index (χ0n) is 14.2. The average Bonchev–Trinajstić information content (AvgIpc) is 2.61. The highest BCUT2D eigenvalue weighted by atomic mass is 16.5. The maximum atomic E-state index is 12.3. The molecule has 1 aromatic carbocycles. The Morgan fingerprint density at radius 3 is 2.28 bits per heavy atom. The van der Waals surface area contributed by atoms with Gasteiger partial charge in [0.25, 0.3) is 11.8 Å². The van der Waals surface area contributed by atoms with E-state index in [1.807, 2.05) is 13.8 Å². The first-order chi connectivity index (χ1) is 11.9. The van der Waals surface area contributed by atoms with Gasteiger partial charge in [-0.25, -0.2) is 4.79 Å². The predicted molar refractivity (Wildman–Crippen MR) is 92.6 cm³/mol. The van der Waals surface area contributed by atoms with Crippen LogP contribution in [0.2, 0.25) is 0 Å². The molecule has 2 N–H and O–H groups in total. The molecule has 0 aliphatic carbocycles. The fourth-order valence-corrected chi connectivity index (χ4v) is 2.04.